The van der Waals surface area contributed by atoms with Gasteiger partial charge in [-0.2, -0.15) is 13.2 Å². The Morgan fingerprint density at radius 1 is 1.28 bits per heavy atom. The van der Waals surface area contributed by atoms with Crippen molar-refractivity contribution in [3.05, 3.63) is 18.2 Å². The molecule has 1 saturated heterocycles. The molecule has 0 aromatic carbocycles. The van der Waals surface area contributed by atoms with Crippen molar-refractivity contribution in [3.63, 3.8) is 0 Å². The number of nitrogens with one attached hydrogen (secondary N) is 1. The summed E-state index contributed by atoms with van der Waals surface area (Å²) >= 11 is 0. The number of rotatable bonds is 3. The second-order valence-electron chi connectivity index (χ2n) is 7.66. The summed E-state index contributed by atoms with van der Waals surface area (Å²) in [6.07, 6.45) is 1.41. The number of carbonyl (C=O) groups is 2. The van der Waals surface area contributed by atoms with Crippen LogP contribution in [0.3, 0.4) is 0 Å². The number of aliphatic carboxylic acids is 1. The molecule has 3 rings (SSSR count). The number of nitrogens with zero attached hydrogens (tertiary/aromatic N) is 4. The number of carbonyl (C=O) groups excluding carboxylic acids is 1. The summed E-state index contributed by atoms with van der Waals surface area (Å²) in [6.45, 7) is 9.83. The maximum atomic E-state index is 12.4. The van der Waals surface area contributed by atoms with Crippen molar-refractivity contribution in [1.82, 2.24) is 24.7 Å². The Bertz CT molecular complexity index is 687. The highest BCUT2D eigenvalue weighted by atomic mass is 19.4. The molecule has 0 spiro atoms. The minimum Gasteiger partial charge on any atom is -0.475 e. The molecule has 1 aromatic rings. The molecule has 2 amide bonds. The summed E-state index contributed by atoms with van der Waals surface area (Å²) in [5.41, 5.74) is 0. The first kappa shape index (κ1) is 23.0. The van der Waals surface area contributed by atoms with Gasteiger partial charge in [0.2, 0.25) is 0 Å². The standard InChI is InChI=1S/C16H27N5O.C2HF3O2/c1-13(2)18-16(22)21-11-14(9-19-6-3-4-7-19)10-20-8-5-17-15(20)12-21;3-2(4,5)1(6)7/h5,8,13-14H,3-4,6-7,9-12H2,1-2H3,(H,18,22);(H,6,7). The zero-order valence-electron chi connectivity index (χ0n) is 16.7. The maximum Gasteiger partial charge on any atom is 0.490 e. The Kier molecular flexibility index (Phi) is 7.88. The average Bonchev–Trinajstić information content (AvgIpc) is 3.22. The summed E-state index contributed by atoms with van der Waals surface area (Å²) < 4.78 is 33.9. The highest BCUT2D eigenvalue weighted by Gasteiger charge is 2.38. The Hall–Kier alpha value is -2.30. The molecule has 0 bridgehead atoms. The second-order valence-corrected chi connectivity index (χ2v) is 7.66. The van der Waals surface area contributed by atoms with E-state index < -0.39 is 12.1 Å². The summed E-state index contributed by atoms with van der Waals surface area (Å²) in [5.74, 6) is -1.30. The molecule has 8 nitrogen and oxygen atoms in total. The van der Waals surface area contributed by atoms with Crippen molar-refractivity contribution in [3.8, 4) is 0 Å². The molecule has 0 aliphatic carbocycles. The highest BCUT2D eigenvalue weighted by molar-refractivity contribution is 5.74. The first-order chi connectivity index (χ1) is 13.6. The lowest BCUT2D eigenvalue weighted by atomic mass is 10.1. The molecule has 11 heteroatoms. The molecule has 2 aliphatic heterocycles. The number of fused-ring (bicyclic) bond motifs is 1. The molecule has 29 heavy (non-hydrogen) atoms. The van der Waals surface area contributed by atoms with E-state index in [1.165, 1.54) is 25.9 Å². The van der Waals surface area contributed by atoms with Crippen molar-refractivity contribution in [2.45, 2.75) is 52.0 Å². The Labute approximate surface area is 167 Å². The summed E-state index contributed by atoms with van der Waals surface area (Å²) in [4.78, 5) is 30.2. The lowest BCUT2D eigenvalue weighted by Crippen LogP contribution is -2.45. The van der Waals surface area contributed by atoms with Gasteiger partial charge in [-0.05, 0) is 39.8 Å². The van der Waals surface area contributed by atoms with Crippen LogP contribution in [0.1, 0.15) is 32.5 Å². The monoisotopic (exact) mass is 419 g/mol. The number of aromatic nitrogens is 2. The number of likely N-dealkylation sites (tertiary alicyclic amines) is 1. The third-order valence-corrected chi connectivity index (χ3v) is 4.72. The van der Waals surface area contributed by atoms with Gasteiger partial charge in [0.05, 0.1) is 6.54 Å². The molecule has 2 N–H and O–H groups in total. The third-order valence-electron chi connectivity index (χ3n) is 4.72. The zero-order valence-corrected chi connectivity index (χ0v) is 16.7. The number of hydrogen-bond acceptors (Lipinski definition) is 4. The van der Waals surface area contributed by atoms with E-state index in [0.29, 0.717) is 12.5 Å². The summed E-state index contributed by atoms with van der Waals surface area (Å²) in [7, 11) is 0. The van der Waals surface area contributed by atoms with Gasteiger partial charge in [0.25, 0.3) is 0 Å². The van der Waals surface area contributed by atoms with Gasteiger partial charge in [0.15, 0.2) is 0 Å². The average molecular weight is 419 g/mol. The van der Waals surface area contributed by atoms with E-state index in [0.717, 1.165) is 25.5 Å². The summed E-state index contributed by atoms with van der Waals surface area (Å²) in [6, 6.07) is 0.186. The third kappa shape index (κ3) is 7.22. The lowest BCUT2D eigenvalue weighted by Gasteiger charge is -2.27. The van der Waals surface area contributed by atoms with Gasteiger partial charge in [0, 0.05) is 44.0 Å². The van der Waals surface area contributed by atoms with Crippen molar-refractivity contribution in [2.24, 2.45) is 5.92 Å². The van der Waals surface area contributed by atoms with Gasteiger partial charge in [0.1, 0.15) is 5.82 Å². The van der Waals surface area contributed by atoms with Crippen LogP contribution >= 0.6 is 0 Å². The number of imidazole rings is 1. The van der Waals surface area contributed by atoms with Crippen LogP contribution in [0.15, 0.2) is 12.4 Å². The van der Waals surface area contributed by atoms with Crippen LogP contribution in [0.4, 0.5) is 18.0 Å². The fourth-order valence-electron chi connectivity index (χ4n) is 3.48. The van der Waals surface area contributed by atoms with Gasteiger partial charge < -0.3 is 24.8 Å². The van der Waals surface area contributed by atoms with Crippen molar-refractivity contribution >= 4 is 12.0 Å². The van der Waals surface area contributed by atoms with Gasteiger partial charge in [-0.1, -0.05) is 0 Å². The second kappa shape index (κ2) is 9.95. The quantitative estimate of drug-likeness (QED) is 0.784. The van der Waals surface area contributed by atoms with E-state index in [-0.39, 0.29) is 12.1 Å². The SMILES string of the molecule is CC(C)NC(=O)N1Cc2nccn2CC(CN2CCCC2)C1.O=C(O)C(F)(F)F. The zero-order chi connectivity index (χ0) is 21.6. The van der Waals surface area contributed by atoms with Crippen LogP contribution in [0.5, 0.6) is 0 Å². The maximum absolute atomic E-state index is 12.4. The molecule has 0 radical (unpaired) electrons. The number of urea groups is 1. The molecule has 164 valence electrons. The lowest BCUT2D eigenvalue weighted by molar-refractivity contribution is -0.192. The van der Waals surface area contributed by atoms with Crippen molar-refractivity contribution in [2.75, 3.05) is 26.2 Å². The first-order valence-corrected chi connectivity index (χ1v) is 9.64. The van der Waals surface area contributed by atoms with Gasteiger partial charge in [-0.15, -0.1) is 0 Å². The van der Waals surface area contributed by atoms with E-state index in [2.05, 4.69) is 19.8 Å². The van der Waals surface area contributed by atoms with Crippen LogP contribution in [-0.4, -0.2) is 74.9 Å². The Morgan fingerprint density at radius 2 is 1.90 bits per heavy atom. The number of halogens is 3. The van der Waals surface area contributed by atoms with Gasteiger partial charge >= 0.3 is 18.2 Å². The number of carboxylic acid groups (broad SMARTS) is 1. The molecule has 0 saturated carbocycles. The van der Waals surface area contributed by atoms with E-state index in [1.807, 2.05) is 31.1 Å². The molecule has 1 fully saturated rings. The minimum absolute atomic E-state index is 0.0258. The topological polar surface area (TPSA) is 90.7 Å². The van der Waals surface area contributed by atoms with Crippen LogP contribution in [-0.2, 0) is 17.9 Å². The fraction of sp³-hybridized carbons (Fsp3) is 0.722. The van der Waals surface area contributed by atoms with Gasteiger partial charge in [-0.25, -0.2) is 14.6 Å². The smallest absolute Gasteiger partial charge is 0.475 e. The van der Waals surface area contributed by atoms with Crippen LogP contribution in [0.2, 0.25) is 0 Å². The molecular weight excluding hydrogens is 391 g/mol. The van der Waals surface area contributed by atoms with Crippen LogP contribution < -0.4 is 5.32 Å². The number of hydrogen-bond donors (Lipinski definition) is 2. The summed E-state index contributed by atoms with van der Waals surface area (Å²) in [5, 5.41) is 10.1. The van der Waals surface area contributed by atoms with Crippen molar-refractivity contribution in [1.29, 1.82) is 0 Å². The predicted octanol–water partition coefficient (Wildman–Crippen LogP) is 2.16. The predicted molar refractivity (Wildman–Crippen MR) is 99.2 cm³/mol. The van der Waals surface area contributed by atoms with E-state index in [1.54, 1.807) is 0 Å². The van der Waals surface area contributed by atoms with Crippen molar-refractivity contribution < 1.29 is 27.9 Å². The van der Waals surface area contributed by atoms with Crippen LogP contribution in [0.25, 0.3) is 0 Å². The number of carboxylic acids is 1. The van der Waals surface area contributed by atoms with E-state index in [9.17, 15) is 18.0 Å². The molecule has 3 heterocycles. The normalized spacial score (nSPS) is 19.9. The van der Waals surface area contributed by atoms with E-state index >= 15 is 0 Å². The van der Waals surface area contributed by atoms with Gasteiger partial charge in [-0.3, -0.25) is 0 Å². The molecule has 2 aliphatic rings. The molecular formula is C18H28F3N5O3. The Morgan fingerprint density at radius 3 is 2.45 bits per heavy atom. The largest absolute Gasteiger partial charge is 0.490 e. The fourth-order valence-corrected chi connectivity index (χ4v) is 3.48. The highest BCUT2D eigenvalue weighted by Crippen LogP contribution is 2.19. The van der Waals surface area contributed by atoms with E-state index in [4.69, 9.17) is 9.90 Å². The number of amides is 2. The minimum atomic E-state index is -5.08. The molecule has 1 atom stereocenters. The molecule has 1 aromatic heterocycles. The Balaban J connectivity index is 0.000000370. The van der Waals surface area contributed by atoms with Crippen LogP contribution in [0, 0.1) is 5.92 Å². The first-order valence-electron chi connectivity index (χ1n) is 9.64. The number of alkyl halides is 3. The molecule has 1 unspecified atom stereocenters.